The normalized spacial score (nSPS) is 13.4. The number of carboxylic acid groups (broad SMARTS) is 1. The third-order valence-electron chi connectivity index (χ3n) is 13.8. The number of carbonyl (C=O) groups is 3. The highest BCUT2D eigenvalue weighted by Crippen LogP contribution is 2.17. The Morgan fingerprint density at radius 2 is 0.722 bits per heavy atom. The summed E-state index contributed by atoms with van der Waals surface area (Å²) in [6, 6.07) is 0. The number of carboxylic acids is 1. The lowest BCUT2D eigenvalue weighted by Crippen LogP contribution is -2.44. The zero-order valence-electron chi connectivity index (χ0n) is 51.7. The Hall–Kier alpha value is -3.79. The van der Waals surface area contributed by atoms with E-state index < -0.39 is 24.3 Å². The van der Waals surface area contributed by atoms with Crippen molar-refractivity contribution in [2.24, 2.45) is 0 Å². The molecule has 0 fully saturated rings. The maximum atomic E-state index is 12.9. The highest BCUT2D eigenvalue weighted by molar-refractivity contribution is 5.70. The summed E-state index contributed by atoms with van der Waals surface area (Å²) in [6.07, 6.45) is 78.9. The van der Waals surface area contributed by atoms with Crippen molar-refractivity contribution in [3.63, 3.8) is 0 Å². The predicted octanol–water partition coefficient (Wildman–Crippen LogP) is 18.4. The molecule has 0 aliphatic rings. The van der Waals surface area contributed by atoms with Crippen molar-refractivity contribution >= 4 is 17.9 Å². The number of carbonyl (C=O) groups excluding carboxylic acids is 3. The van der Waals surface area contributed by atoms with Crippen molar-refractivity contribution in [2.75, 3.05) is 47.5 Å². The molecule has 2 atom stereocenters. The molecule has 0 saturated heterocycles. The van der Waals surface area contributed by atoms with Crippen molar-refractivity contribution in [2.45, 2.75) is 283 Å². The number of rotatable bonds is 59. The van der Waals surface area contributed by atoms with E-state index in [0.717, 1.165) is 96.3 Å². The summed E-state index contributed by atoms with van der Waals surface area (Å²) >= 11 is 0. The first-order valence-electron chi connectivity index (χ1n) is 32.4. The molecule has 0 aromatic carbocycles. The number of ether oxygens (including phenoxy) is 4. The fourth-order valence-corrected chi connectivity index (χ4v) is 8.91. The molecule has 0 aliphatic carbocycles. The number of quaternary nitrogens is 1. The Morgan fingerprint density at radius 3 is 1.08 bits per heavy atom. The zero-order valence-corrected chi connectivity index (χ0v) is 51.7. The molecule has 0 saturated carbocycles. The lowest BCUT2D eigenvalue weighted by Gasteiger charge is -2.26. The van der Waals surface area contributed by atoms with Crippen LogP contribution in [0.3, 0.4) is 0 Å². The summed E-state index contributed by atoms with van der Waals surface area (Å²) in [5, 5.41) is 11.8. The Balaban J connectivity index is 4.21. The smallest absolute Gasteiger partial charge is 0.306 e. The molecular weight excluding hydrogens is 983 g/mol. The van der Waals surface area contributed by atoms with Gasteiger partial charge >= 0.3 is 11.9 Å². The maximum absolute atomic E-state index is 12.9. The number of unbranched alkanes of at least 4 members (excludes halogenated alkanes) is 28. The summed E-state index contributed by atoms with van der Waals surface area (Å²) in [6.45, 7) is 4.65. The quantitative estimate of drug-likeness (QED) is 0.0195. The highest BCUT2D eigenvalue weighted by Gasteiger charge is 2.22. The number of hydrogen-bond acceptors (Lipinski definition) is 8. The molecule has 9 nitrogen and oxygen atoms in total. The van der Waals surface area contributed by atoms with Gasteiger partial charge in [0.1, 0.15) is 13.2 Å². The molecule has 0 aromatic heterocycles. The van der Waals surface area contributed by atoms with Crippen LogP contribution in [0.4, 0.5) is 0 Å². The minimum Gasteiger partial charge on any atom is -0.545 e. The van der Waals surface area contributed by atoms with Crippen LogP contribution in [0.15, 0.2) is 97.2 Å². The Kier molecular flexibility index (Phi) is 57.4. The van der Waals surface area contributed by atoms with Crippen LogP contribution in [-0.2, 0) is 33.3 Å². The molecule has 0 spiro atoms. The molecule has 0 bridgehead atoms. The van der Waals surface area contributed by atoms with E-state index >= 15 is 0 Å². The van der Waals surface area contributed by atoms with Gasteiger partial charge in [0.15, 0.2) is 12.4 Å². The van der Waals surface area contributed by atoms with Crippen molar-refractivity contribution < 1.29 is 42.9 Å². The summed E-state index contributed by atoms with van der Waals surface area (Å²) in [5.74, 6) is -2.29. The third kappa shape index (κ3) is 61.7. The number of aliphatic carboxylic acids is 1. The summed E-state index contributed by atoms with van der Waals surface area (Å²) < 4.78 is 22.8. The van der Waals surface area contributed by atoms with Gasteiger partial charge in [0.2, 0.25) is 0 Å². The largest absolute Gasteiger partial charge is 0.545 e. The standard InChI is InChI=1S/C70H121NO8/c1-6-8-10-12-14-16-18-20-22-24-26-28-29-30-31-32-33-34-35-36-37-38-39-41-43-45-47-49-51-53-55-57-59-61-68(73)79-66(65-78-70(69(74)75)76-63-62-71(3,4)5)64-77-67(72)60-58-56-54-52-50-48-46-44-42-40-27-25-23-21-19-17-15-13-11-9-7-2/h8,10,14,16,20,22,26,28,30-31,33-34,36-37,39,41,66,70H,6-7,9,11-13,15,17-19,21,23-25,27,29,32,35,38,40,42-65H2,1-5H3/b10-8-,16-14-,22-20-,28-26-,31-30-,34-33-,37-36-,41-39-. The molecule has 0 N–H and O–H groups in total. The molecule has 0 aliphatic heterocycles. The second-order valence-corrected chi connectivity index (χ2v) is 22.7. The van der Waals surface area contributed by atoms with E-state index in [-0.39, 0.29) is 32.2 Å². The third-order valence-corrected chi connectivity index (χ3v) is 13.8. The number of allylic oxidation sites excluding steroid dienone is 16. The Morgan fingerprint density at radius 1 is 0.392 bits per heavy atom. The van der Waals surface area contributed by atoms with Crippen LogP contribution >= 0.6 is 0 Å². The van der Waals surface area contributed by atoms with Crippen molar-refractivity contribution in [1.29, 1.82) is 0 Å². The van der Waals surface area contributed by atoms with Crippen LogP contribution in [0.25, 0.3) is 0 Å². The molecule has 0 heterocycles. The van der Waals surface area contributed by atoms with Gasteiger partial charge in [-0.25, -0.2) is 0 Å². The lowest BCUT2D eigenvalue weighted by molar-refractivity contribution is -0.870. The van der Waals surface area contributed by atoms with Crippen LogP contribution in [-0.4, -0.2) is 82.3 Å². The van der Waals surface area contributed by atoms with Crippen LogP contribution in [0.5, 0.6) is 0 Å². The van der Waals surface area contributed by atoms with Gasteiger partial charge in [0.25, 0.3) is 0 Å². The highest BCUT2D eigenvalue weighted by atomic mass is 16.7. The van der Waals surface area contributed by atoms with Crippen LogP contribution in [0.2, 0.25) is 0 Å². The monoisotopic (exact) mass is 1100 g/mol. The fourth-order valence-electron chi connectivity index (χ4n) is 8.91. The first-order valence-corrected chi connectivity index (χ1v) is 32.4. The lowest BCUT2D eigenvalue weighted by atomic mass is 10.0. The van der Waals surface area contributed by atoms with E-state index in [2.05, 4.69) is 111 Å². The molecule has 0 rings (SSSR count). The molecular formula is C70H121NO8. The Labute approximate surface area is 486 Å². The number of likely N-dealkylation sites (N-methyl/N-ethyl adjacent to an activating group) is 1. The van der Waals surface area contributed by atoms with Crippen LogP contribution < -0.4 is 5.11 Å². The van der Waals surface area contributed by atoms with Gasteiger partial charge in [-0.2, -0.15) is 0 Å². The number of esters is 2. The van der Waals surface area contributed by atoms with E-state index in [1.54, 1.807) is 0 Å². The zero-order chi connectivity index (χ0) is 57.6. The van der Waals surface area contributed by atoms with E-state index in [9.17, 15) is 19.5 Å². The Bertz CT molecular complexity index is 1620. The second kappa shape index (κ2) is 60.3. The van der Waals surface area contributed by atoms with E-state index in [1.807, 2.05) is 21.1 Å². The van der Waals surface area contributed by atoms with Gasteiger partial charge in [0, 0.05) is 12.8 Å². The summed E-state index contributed by atoms with van der Waals surface area (Å²) in [7, 11) is 5.92. The molecule has 0 radical (unpaired) electrons. The molecule has 0 aromatic rings. The number of nitrogens with zero attached hydrogens (tertiary/aromatic N) is 1. The minimum absolute atomic E-state index is 0.143. The van der Waals surface area contributed by atoms with Crippen LogP contribution in [0, 0.1) is 0 Å². The van der Waals surface area contributed by atoms with Gasteiger partial charge in [-0.05, 0) is 77.0 Å². The predicted molar refractivity (Wildman–Crippen MR) is 334 cm³/mol. The van der Waals surface area contributed by atoms with Gasteiger partial charge in [-0.3, -0.25) is 9.59 Å². The molecule has 2 unspecified atom stereocenters. The van der Waals surface area contributed by atoms with E-state index in [1.165, 1.54) is 141 Å². The first-order chi connectivity index (χ1) is 38.6. The van der Waals surface area contributed by atoms with Crippen molar-refractivity contribution in [1.82, 2.24) is 0 Å². The molecule has 79 heavy (non-hydrogen) atoms. The van der Waals surface area contributed by atoms with Crippen LogP contribution in [0.1, 0.15) is 271 Å². The topological polar surface area (TPSA) is 111 Å². The average Bonchev–Trinajstić information content (AvgIpc) is 3.42. The van der Waals surface area contributed by atoms with E-state index in [0.29, 0.717) is 23.9 Å². The molecule has 454 valence electrons. The van der Waals surface area contributed by atoms with Gasteiger partial charge in [-0.1, -0.05) is 278 Å². The SMILES string of the molecule is CC/C=C\C/C=C\C/C=C\C/C=C\C/C=C\C/C=C\C/C=C\C/C=C\CCCCCCCCCCC(=O)OC(COC(=O)CCCCCCCCCCCCCCCCCCCCCCC)COC(OCC[N+](C)(C)C)C(=O)[O-]. The van der Waals surface area contributed by atoms with Gasteiger partial charge < -0.3 is 33.3 Å². The minimum atomic E-state index is -1.63. The summed E-state index contributed by atoms with van der Waals surface area (Å²) in [5.41, 5.74) is 0. The molecule has 9 heteroatoms. The van der Waals surface area contributed by atoms with E-state index in [4.69, 9.17) is 18.9 Å². The summed E-state index contributed by atoms with van der Waals surface area (Å²) in [4.78, 5) is 37.4. The van der Waals surface area contributed by atoms with Crippen molar-refractivity contribution in [3.8, 4) is 0 Å². The fraction of sp³-hybridized carbons (Fsp3) is 0.729. The number of hydrogen-bond donors (Lipinski definition) is 0. The van der Waals surface area contributed by atoms with Gasteiger partial charge in [0.05, 0.1) is 40.3 Å². The molecule has 0 amide bonds. The maximum Gasteiger partial charge on any atom is 0.306 e. The second-order valence-electron chi connectivity index (χ2n) is 22.7. The van der Waals surface area contributed by atoms with Gasteiger partial charge in [-0.15, -0.1) is 0 Å². The average molecular weight is 1100 g/mol. The first kappa shape index (κ1) is 75.2. The van der Waals surface area contributed by atoms with Crippen molar-refractivity contribution in [3.05, 3.63) is 97.2 Å².